The molecule has 0 aliphatic rings. The maximum absolute atomic E-state index is 5.90. The quantitative estimate of drug-likeness (QED) is 0.547. The lowest BCUT2D eigenvalue weighted by Gasteiger charge is -2.15. The average Bonchev–Trinajstić information content (AvgIpc) is 2.63. The second-order valence-corrected chi connectivity index (χ2v) is 6.33. The Kier molecular flexibility index (Phi) is 7.54. The van der Waals surface area contributed by atoms with Gasteiger partial charge in [-0.2, -0.15) is 12.6 Å². The first-order valence-electron chi connectivity index (χ1n) is 5.76. The van der Waals surface area contributed by atoms with Crippen LogP contribution in [0.4, 0.5) is 0 Å². The number of halogens is 1. The minimum Gasteiger partial charge on any atom is -0.301 e. The number of rotatable bonds is 8. The van der Waals surface area contributed by atoms with Crippen LogP contribution in [0.1, 0.15) is 30.6 Å². The maximum atomic E-state index is 5.90. The Labute approximate surface area is 113 Å². The summed E-state index contributed by atoms with van der Waals surface area (Å²) in [7, 11) is 2.17. The fraction of sp³-hybridized carbons (Fsp3) is 0.667. The minimum absolute atomic E-state index is 0.886. The highest BCUT2D eigenvalue weighted by Gasteiger charge is 2.02. The van der Waals surface area contributed by atoms with Gasteiger partial charge in [0.15, 0.2) is 0 Å². The Bertz CT molecular complexity index is 288. The Balaban J connectivity index is 2.09. The van der Waals surface area contributed by atoms with Gasteiger partial charge in [0.05, 0.1) is 4.34 Å². The van der Waals surface area contributed by atoms with Gasteiger partial charge in [-0.1, -0.05) is 24.4 Å². The fourth-order valence-electron chi connectivity index (χ4n) is 1.63. The van der Waals surface area contributed by atoms with Gasteiger partial charge in [0.25, 0.3) is 0 Å². The summed E-state index contributed by atoms with van der Waals surface area (Å²) in [5.41, 5.74) is 0. The van der Waals surface area contributed by atoms with Crippen LogP contribution in [-0.4, -0.2) is 24.2 Å². The highest BCUT2D eigenvalue weighted by molar-refractivity contribution is 7.80. The first kappa shape index (κ1) is 14.4. The average molecular weight is 278 g/mol. The lowest BCUT2D eigenvalue weighted by molar-refractivity contribution is 0.320. The third-order valence-corrected chi connectivity index (χ3v) is 4.03. The molecule has 0 aliphatic heterocycles. The summed E-state index contributed by atoms with van der Waals surface area (Å²) in [6, 6.07) is 4.09. The molecule has 4 heteroatoms. The van der Waals surface area contributed by atoms with Crippen molar-refractivity contribution >= 4 is 35.6 Å². The van der Waals surface area contributed by atoms with Gasteiger partial charge in [0.2, 0.25) is 0 Å². The van der Waals surface area contributed by atoms with Crippen LogP contribution in [0.15, 0.2) is 12.1 Å². The molecule has 0 amide bonds. The first-order valence-corrected chi connectivity index (χ1v) is 7.58. The molecule has 1 aromatic rings. The van der Waals surface area contributed by atoms with E-state index in [4.69, 9.17) is 11.6 Å². The van der Waals surface area contributed by atoms with Crippen LogP contribution >= 0.6 is 35.6 Å². The van der Waals surface area contributed by atoms with E-state index in [1.807, 2.05) is 6.07 Å². The summed E-state index contributed by atoms with van der Waals surface area (Å²) in [4.78, 5) is 3.71. The van der Waals surface area contributed by atoms with Crippen molar-refractivity contribution in [2.24, 2.45) is 0 Å². The van der Waals surface area contributed by atoms with Gasteiger partial charge in [-0.3, -0.25) is 0 Å². The Morgan fingerprint density at radius 1 is 1.25 bits per heavy atom. The van der Waals surface area contributed by atoms with Crippen molar-refractivity contribution in [3.05, 3.63) is 21.3 Å². The molecule has 0 bridgehead atoms. The normalized spacial score (nSPS) is 11.2. The van der Waals surface area contributed by atoms with Crippen molar-refractivity contribution in [1.82, 2.24) is 4.90 Å². The molecule has 16 heavy (non-hydrogen) atoms. The van der Waals surface area contributed by atoms with E-state index in [0.717, 1.165) is 16.6 Å². The molecule has 0 radical (unpaired) electrons. The molecule has 0 N–H and O–H groups in total. The zero-order valence-corrected chi connectivity index (χ0v) is 12.3. The van der Waals surface area contributed by atoms with E-state index in [-0.39, 0.29) is 0 Å². The molecule has 0 saturated carbocycles. The second-order valence-electron chi connectivity index (χ2n) is 4.08. The summed E-state index contributed by atoms with van der Waals surface area (Å²) in [6.45, 7) is 2.19. The SMILES string of the molecule is CN(CCCCCCS)Cc1ccc(Cl)s1. The van der Waals surface area contributed by atoms with Crippen LogP contribution in [0.2, 0.25) is 4.34 Å². The van der Waals surface area contributed by atoms with E-state index < -0.39 is 0 Å². The van der Waals surface area contributed by atoms with Gasteiger partial charge in [-0.15, -0.1) is 11.3 Å². The topological polar surface area (TPSA) is 3.24 Å². The third kappa shape index (κ3) is 6.14. The molecule has 92 valence electrons. The lowest BCUT2D eigenvalue weighted by atomic mass is 10.2. The number of unbranched alkanes of at least 4 members (excludes halogenated alkanes) is 3. The summed E-state index contributed by atoms with van der Waals surface area (Å²) in [6.07, 6.45) is 5.15. The molecule has 1 aromatic heterocycles. The second kappa shape index (κ2) is 8.40. The van der Waals surface area contributed by atoms with Crippen LogP contribution in [0.3, 0.4) is 0 Å². The van der Waals surface area contributed by atoms with Crippen LogP contribution in [-0.2, 0) is 6.54 Å². The third-order valence-electron chi connectivity index (χ3n) is 2.50. The summed E-state index contributed by atoms with van der Waals surface area (Å²) in [5.74, 6) is 1.02. The predicted molar refractivity (Wildman–Crippen MR) is 78.0 cm³/mol. The molecular formula is C12H20ClNS2. The fourth-order valence-corrected chi connectivity index (χ4v) is 3.02. The molecule has 1 heterocycles. The molecule has 0 aromatic carbocycles. The van der Waals surface area contributed by atoms with Crippen LogP contribution in [0, 0.1) is 0 Å². The van der Waals surface area contributed by atoms with E-state index in [0.29, 0.717) is 0 Å². The van der Waals surface area contributed by atoms with Gasteiger partial charge < -0.3 is 4.90 Å². The number of thiophene rings is 1. The number of hydrogen-bond donors (Lipinski definition) is 1. The molecule has 0 aliphatic carbocycles. The van der Waals surface area contributed by atoms with E-state index in [9.17, 15) is 0 Å². The van der Waals surface area contributed by atoms with E-state index in [2.05, 4.69) is 30.6 Å². The number of hydrogen-bond acceptors (Lipinski definition) is 3. The van der Waals surface area contributed by atoms with Gasteiger partial charge in [0, 0.05) is 11.4 Å². The molecule has 0 fully saturated rings. The van der Waals surface area contributed by atoms with Crippen molar-refractivity contribution in [3.63, 3.8) is 0 Å². The van der Waals surface area contributed by atoms with Crippen molar-refractivity contribution in [1.29, 1.82) is 0 Å². The van der Waals surface area contributed by atoms with E-state index >= 15 is 0 Å². The Morgan fingerprint density at radius 2 is 2.00 bits per heavy atom. The highest BCUT2D eigenvalue weighted by atomic mass is 35.5. The molecule has 0 unspecified atom stereocenters. The van der Waals surface area contributed by atoms with Gasteiger partial charge in [-0.25, -0.2) is 0 Å². The Morgan fingerprint density at radius 3 is 2.62 bits per heavy atom. The van der Waals surface area contributed by atoms with Crippen molar-refractivity contribution < 1.29 is 0 Å². The monoisotopic (exact) mass is 277 g/mol. The van der Waals surface area contributed by atoms with E-state index in [1.54, 1.807) is 11.3 Å². The molecule has 0 spiro atoms. The zero-order chi connectivity index (χ0) is 11.8. The van der Waals surface area contributed by atoms with E-state index in [1.165, 1.54) is 37.1 Å². The van der Waals surface area contributed by atoms with Crippen LogP contribution < -0.4 is 0 Å². The van der Waals surface area contributed by atoms with Gasteiger partial charge in [-0.05, 0) is 44.3 Å². The maximum Gasteiger partial charge on any atom is 0.0931 e. The first-order chi connectivity index (χ1) is 7.72. The largest absolute Gasteiger partial charge is 0.301 e. The molecule has 0 saturated heterocycles. The number of thiol groups is 1. The van der Waals surface area contributed by atoms with Gasteiger partial charge in [0.1, 0.15) is 0 Å². The number of nitrogens with zero attached hydrogens (tertiary/aromatic N) is 1. The summed E-state index contributed by atoms with van der Waals surface area (Å²) >= 11 is 11.8. The molecular weight excluding hydrogens is 258 g/mol. The smallest absolute Gasteiger partial charge is 0.0931 e. The van der Waals surface area contributed by atoms with Crippen molar-refractivity contribution in [2.45, 2.75) is 32.2 Å². The van der Waals surface area contributed by atoms with Gasteiger partial charge >= 0.3 is 0 Å². The van der Waals surface area contributed by atoms with Crippen molar-refractivity contribution in [3.8, 4) is 0 Å². The van der Waals surface area contributed by atoms with Crippen LogP contribution in [0.5, 0.6) is 0 Å². The summed E-state index contributed by atoms with van der Waals surface area (Å²) in [5, 5.41) is 0. The molecule has 0 atom stereocenters. The predicted octanol–water partition coefficient (Wildman–Crippen LogP) is 4.32. The highest BCUT2D eigenvalue weighted by Crippen LogP contribution is 2.22. The molecule has 1 nitrogen and oxygen atoms in total. The van der Waals surface area contributed by atoms with Crippen molar-refractivity contribution in [2.75, 3.05) is 19.3 Å². The van der Waals surface area contributed by atoms with Crippen LogP contribution in [0.25, 0.3) is 0 Å². The molecule has 1 rings (SSSR count). The summed E-state index contributed by atoms with van der Waals surface area (Å²) < 4.78 is 0.886. The Hall–Kier alpha value is 0.300. The lowest BCUT2D eigenvalue weighted by Crippen LogP contribution is -2.18. The standard InChI is InChI=1S/C12H20ClNS2/c1-14(8-4-2-3-5-9-15)10-11-6-7-12(13)16-11/h6-7,15H,2-5,8-10H2,1H3. The zero-order valence-electron chi connectivity index (χ0n) is 9.79. The minimum atomic E-state index is 0.886.